The van der Waals surface area contributed by atoms with Gasteiger partial charge in [0.25, 0.3) is 0 Å². The zero-order valence-electron chi connectivity index (χ0n) is 9.86. The second-order valence-corrected chi connectivity index (χ2v) is 4.43. The molecule has 0 saturated heterocycles. The van der Waals surface area contributed by atoms with E-state index >= 15 is 0 Å². The summed E-state index contributed by atoms with van der Waals surface area (Å²) in [5.74, 6) is -0.122. The average Bonchev–Trinajstić information content (AvgIpc) is 2.35. The molecule has 0 radical (unpaired) electrons. The predicted molar refractivity (Wildman–Crippen MR) is 74.6 cm³/mol. The van der Waals surface area contributed by atoms with Gasteiger partial charge >= 0.3 is 6.09 Å². The smallest absolute Gasteiger partial charge is 0.414 e. The molecule has 0 aliphatic heterocycles. The number of rotatable bonds is 5. The number of carbonyl (C=O) groups excluding carboxylic acids is 2. The SMILES string of the molecule is CCOC(=O)N(CC(=O)CBr)c1cccc(Cl)c1. The third-order valence-corrected chi connectivity index (χ3v) is 2.95. The van der Waals surface area contributed by atoms with Crippen molar-refractivity contribution in [3.8, 4) is 0 Å². The Morgan fingerprint density at radius 1 is 1.44 bits per heavy atom. The van der Waals surface area contributed by atoms with Gasteiger partial charge in [0.05, 0.1) is 18.5 Å². The summed E-state index contributed by atoms with van der Waals surface area (Å²) in [5.41, 5.74) is 0.537. The molecule has 4 nitrogen and oxygen atoms in total. The summed E-state index contributed by atoms with van der Waals surface area (Å²) in [6.07, 6.45) is -0.561. The van der Waals surface area contributed by atoms with E-state index in [1.54, 1.807) is 31.2 Å². The third kappa shape index (κ3) is 4.31. The topological polar surface area (TPSA) is 46.6 Å². The van der Waals surface area contributed by atoms with Gasteiger partial charge in [0.2, 0.25) is 0 Å². The summed E-state index contributed by atoms with van der Waals surface area (Å²) in [6.45, 7) is 1.91. The zero-order valence-corrected chi connectivity index (χ0v) is 12.2. The van der Waals surface area contributed by atoms with Gasteiger partial charge in [-0.05, 0) is 25.1 Å². The van der Waals surface area contributed by atoms with Gasteiger partial charge in [-0.1, -0.05) is 33.6 Å². The maximum atomic E-state index is 11.8. The van der Waals surface area contributed by atoms with Gasteiger partial charge in [0.1, 0.15) is 0 Å². The Hall–Kier alpha value is -1.07. The van der Waals surface area contributed by atoms with Crippen LogP contribution in [0.15, 0.2) is 24.3 Å². The van der Waals surface area contributed by atoms with Crippen LogP contribution in [0.2, 0.25) is 5.02 Å². The van der Waals surface area contributed by atoms with E-state index in [-0.39, 0.29) is 24.3 Å². The summed E-state index contributed by atoms with van der Waals surface area (Å²) in [6, 6.07) is 6.72. The van der Waals surface area contributed by atoms with Gasteiger partial charge in [0.15, 0.2) is 5.78 Å². The summed E-state index contributed by atoms with van der Waals surface area (Å²) < 4.78 is 4.92. The largest absolute Gasteiger partial charge is 0.449 e. The van der Waals surface area contributed by atoms with Crippen LogP contribution in [0, 0.1) is 0 Å². The summed E-state index contributed by atoms with van der Waals surface area (Å²) in [7, 11) is 0. The predicted octanol–water partition coefficient (Wildman–Crippen LogP) is 3.27. The quantitative estimate of drug-likeness (QED) is 0.776. The fraction of sp³-hybridized carbons (Fsp3) is 0.333. The lowest BCUT2D eigenvalue weighted by Gasteiger charge is -2.21. The first kappa shape index (κ1) is 15.0. The molecule has 0 aliphatic carbocycles. The highest BCUT2D eigenvalue weighted by Crippen LogP contribution is 2.20. The standard InChI is InChI=1S/C12H13BrClNO3/c1-2-18-12(17)15(8-11(16)7-13)10-5-3-4-9(14)6-10/h3-6H,2,7-8H2,1H3. The number of ketones is 1. The molecule has 1 aromatic carbocycles. The number of amides is 1. The maximum absolute atomic E-state index is 11.8. The minimum atomic E-state index is -0.561. The molecule has 0 N–H and O–H groups in total. The molecule has 0 aromatic heterocycles. The van der Waals surface area contributed by atoms with Crippen molar-refractivity contribution in [3.05, 3.63) is 29.3 Å². The van der Waals surface area contributed by atoms with Crippen LogP contribution in [0.25, 0.3) is 0 Å². The highest BCUT2D eigenvalue weighted by Gasteiger charge is 2.19. The normalized spacial score (nSPS) is 9.94. The minimum Gasteiger partial charge on any atom is -0.449 e. The molecule has 1 amide bonds. The molecule has 0 spiro atoms. The van der Waals surface area contributed by atoms with Crippen LogP contribution in [0.4, 0.5) is 10.5 Å². The monoisotopic (exact) mass is 333 g/mol. The number of Topliss-reactive ketones (excluding diaryl/α,β-unsaturated/α-hetero) is 1. The Bertz CT molecular complexity index is 439. The lowest BCUT2D eigenvalue weighted by molar-refractivity contribution is -0.115. The van der Waals surface area contributed by atoms with E-state index in [2.05, 4.69) is 15.9 Å². The Morgan fingerprint density at radius 2 is 2.17 bits per heavy atom. The van der Waals surface area contributed by atoms with Gasteiger partial charge < -0.3 is 4.74 Å². The van der Waals surface area contributed by atoms with Gasteiger partial charge in [-0.2, -0.15) is 0 Å². The molecule has 18 heavy (non-hydrogen) atoms. The van der Waals surface area contributed by atoms with Crippen LogP contribution in [-0.2, 0) is 9.53 Å². The highest BCUT2D eigenvalue weighted by atomic mass is 79.9. The van der Waals surface area contributed by atoms with Crippen LogP contribution in [0.3, 0.4) is 0 Å². The van der Waals surface area contributed by atoms with Crippen molar-refractivity contribution in [1.82, 2.24) is 0 Å². The van der Waals surface area contributed by atoms with E-state index in [1.165, 1.54) is 4.90 Å². The summed E-state index contributed by atoms with van der Waals surface area (Å²) >= 11 is 8.93. The number of hydrogen-bond acceptors (Lipinski definition) is 3. The Morgan fingerprint density at radius 3 is 2.72 bits per heavy atom. The van der Waals surface area contributed by atoms with Crippen molar-refractivity contribution in [1.29, 1.82) is 0 Å². The average molecular weight is 335 g/mol. The molecule has 1 aromatic rings. The number of benzene rings is 1. The van der Waals surface area contributed by atoms with Gasteiger partial charge in [-0.25, -0.2) is 4.79 Å². The lowest BCUT2D eigenvalue weighted by atomic mass is 10.3. The Labute approximate surface area is 119 Å². The number of alkyl halides is 1. The first-order valence-corrected chi connectivity index (χ1v) is 6.86. The zero-order chi connectivity index (χ0) is 13.5. The molecule has 0 atom stereocenters. The van der Waals surface area contributed by atoms with Gasteiger partial charge in [-0.3, -0.25) is 9.69 Å². The van der Waals surface area contributed by atoms with Gasteiger partial charge in [-0.15, -0.1) is 0 Å². The van der Waals surface area contributed by atoms with Crippen molar-refractivity contribution in [3.63, 3.8) is 0 Å². The van der Waals surface area contributed by atoms with Crippen LogP contribution in [-0.4, -0.2) is 30.4 Å². The van der Waals surface area contributed by atoms with Crippen molar-refractivity contribution < 1.29 is 14.3 Å². The van der Waals surface area contributed by atoms with E-state index in [0.717, 1.165) is 0 Å². The van der Waals surface area contributed by atoms with Crippen LogP contribution < -0.4 is 4.90 Å². The Balaban J connectivity index is 2.96. The van der Waals surface area contributed by atoms with E-state index in [4.69, 9.17) is 16.3 Å². The molecule has 0 saturated carbocycles. The van der Waals surface area contributed by atoms with Crippen LogP contribution >= 0.6 is 27.5 Å². The molecule has 6 heteroatoms. The summed E-state index contributed by atoms with van der Waals surface area (Å²) in [5, 5.41) is 0.678. The number of nitrogens with zero attached hydrogens (tertiary/aromatic N) is 1. The first-order chi connectivity index (χ1) is 8.58. The van der Waals surface area contributed by atoms with Gasteiger partial charge in [0, 0.05) is 10.7 Å². The molecule has 0 fully saturated rings. The van der Waals surface area contributed by atoms with E-state index in [9.17, 15) is 9.59 Å². The fourth-order valence-corrected chi connectivity index (χ4v) is 1.69. The number of hydrogen-bond donors (Lipinski definition) is 0. The number of anilines is 1. The molecule has 0 heterocycles. The van der Waals surface area contributed by atoms with Crippen molar-refractivity contribution in [2.24, 2.45) is 0 Å². The molecule has 0 bridgehead atoms. The molecule has 0 aliphatic rings. The number of halogens is 2. The van der Waals surface area contributed by atoms with Crippen LogP contribution in [0.5, 0.6) is 0 Å². The van der Waals surface area contributed by atoms with E-state index < -0.39 is 6.09 Å². The Kier molecular flexibility index (Phi) is 6.15. The molecular formula is C12H13BrClNO3. The molecule has 1 rings (SSSR count). The molecular weight excluding hydrogens is 321 g/mol. The lowest BCUT2D eigenvalue weighted by Crippen LogP contribution is -2.36. The van der Waals surface area contributed by atoms with E-state index in [0.29, 0.717) is 10.7 Å². The van der Waals surface area contributed by atoms with Crippen LogP contribution in [0.1, 0.15) is 6.92 Å². The third-order valence-electron chi connectivity index (χ3n) is 2.09. The number of carbonyl (C=O) groups is 2. The minimum absolute atomic E-state index is 0.0512. The molecule has 0 unspecified atom stereocenters. The van der Waals surface area contributed by atoms with Crippen molar-refractivity contribution in [2.75, 3.05) is 23.4 Å². The summed E-state index contributed by atoms with van der Waals surface area (Å²) in [4.78, 5) is 24.5. The first-order valence-electron chi connectivity index (χ1n) is 5.36. The highest BCUT2D eigenvalue weighted by molar-refractivity contribution is 9.09. The van der Waals surface area contributed by atoms with Crippen molar-refractivity contribution in [2.45, 2.75) is 6.92 Å². The maximum Gasteiger partial charge on any atom is 0.414 e. The number of ether oxygens (including phenoxy) is 1. The molecule has 98 valence electrons. The van der Waals surface area contributed by atoms with E-state index in [1.807, 2.05) is 0 Å². The second-order valence-electron chi connectivity index (χ2n) is 3.44. The fourth-order valence-electron chi connectivity index (χ4n) is 1.33. The second kappa shape index (κ2) is 7.38. The van der Waals surface area contributed by atoms with Crippen molar-refractivity contribution >= 4 is 45.1 Å².